The van der Waals surface area contributed by atoms with Crippen molar-refractivity contribution in [3.8, 4) is 0 Å². The molecular formula is C14H13NOS. The van der Waals surface area contributed by atoms with E-state index in [0.717, 1.165) is 16.2 Å². The van der Waals surface area contributed by atoms with E-state index in [4.69, 9.17) is 12.2 Å². The molecule has 0 atom stereocenters. The number of nitrogens with zero attached hydrogens (tertiary/aromatic N) is 1. The summed E-state index contributed by atoms with van der Waals surface area (Å²) in [5, 5.41) is 11.1. The maximum atomic E-state index is 10.0. The molecule has 0 saturated carbocycles. The average molecular weight is 243 g/mol. The van der Waals surface area contributed by atoms with Crippen molar-refractivity contribution in [2.24, 2.45) is 0 Å². The molecule has 0 bridgehead atoms. The maximum Gasteiger partial charge on any atom is 0.139 e. The van der Waals surface area contributed by atoms with Crippen LogP contribution >= 0.6 is 12.2 Å². The summed E-state index contributed by atoms with van der Waals surface area (Å²) in [4.78, 5) is 0.398. The lowest BCUT2D eigenvalue weighted by atomic mass is 10.2. The Bertz CT molecular complexity index is 508. The zero-order valence-electron chi connectivity index (χ0n) is 9.50. The molecule has 0 fully saturated rings. The standard InChI is InChI=1S/C14H13NOS/c1-11-7-9-13(10-8-11)15(16)14(17)12-5-3-2-4-6-12/h2-10,16H,1H3. The fraction of sp³-hybridized carbons (Fsp3) is 0.0714. The van der Waals surface area contributed by atoms with Crippen molar-refractivity contribution in [1.82, 2.24) is 0 Å². The van der Waals surface area contributed by atoms with Gasteiger partial charge in [-0.05, 0) is 19.1 Å². The van der Waals surface area contributed by atoms with Gasteiger partial charge in [-0.2, -0.15) is 0 Å². The van der Waals surface area contributed by atoms with E-state index in [1.165, 1.54) is 0 Å². The fourth-order valence-corrected chi connectivity index (χ4v) is 1.75. The molecule has 2 nitrogen and oxygen atoms in total. The van der Waals surface area contributed by atoms with Crippen LogP contribution in [0.25, 0.3) is 0 Å². The van der Waals surface area contributed by atoms with E-state index >= 15 is 0 Å². The molecule has 3 heteroatoms. The Morgan fingerprint density at radius 1 is 1.00 bits per heavy atom. The van der Waals surface area contributed by atoms with Gasteiger partial charge in [0.2, 0.25) is 0 Å². The molecule has 2 aromatic rings. The minimum Gasteiger partial charge on any atom is -0.283 e. The van der Waals surface area contributed by atoms with E-state index < -0.39 is 0 Å². The second-order valence-electron chi connectivity index (χ2n) is 3.82. The first-order valence-corrected chi connectivity index (χ1v) is 5.74. The van der Waals surface area contributed by atoms with Gasteiger partial charge in [-0.1, -0.05) is 60.2 Å². The van der Waals surface area contributed by atoms with Crippen LogP contribution in [0, 0.1) is 6.92 Å². The van der Waals surface area contributed by atoms with Gasteiger partial charge in [0, 0.05) is 5.56 Å². The summed E-state index contributed by atoms with van der Waals surface area (Å²) in [6.45, 7) is 2.00. The maximum absolute atomic E-state index is 10.0. The molecule has 0 aliphatic heterocycles. The molecule has 0 unspecified atom stereocenters. The van der Waals surface area contributed by atoms with Gasteiger partial charge >= 0.3 is 0 Å². The van der Waals surface area contributed by atoms with Crippen molar-refractivity contribution in [2.75, 3.05) is 5.06 Å². The van der Waals surface area contributed by atoms with Crippen LogP contribution in [0.2, 0.25) is 0 Å². The summed E-state index contributed by atoms with van der Waals surface area (Å²) in [6.07, 6.45) is 0. The van der Waals surface area contributed by atoms with Crippen LogP contribution in [-0.2, 0) is 0 Å². The van der Waals surface area contributed by atoms with Crippen molar-refractivity contribution in [3.05, 3.63) is 65.7 Å². The van der Waals surface area contributed by atoms with Gasteiger partial charge in [-0.15, -0.1) is 0 Å². The molecule has 2 rings (SSSR count). The Hall–Kier alpha value is -1.71. The Labute approximate surface area is 106 Å². The van der Waals surface area contributed by atoms with Gasteiger partial charge in [0.25, 0.3) is 0 Å². The number of thiocarbonyl (C=S) groups is 1. The van der Waals surface area contributed by atoms with Gasteiger partial charge in [0.05, 0.1) is 5.69 Å². The monoisotopic (exact) mass is 243 g/mol. The highest BCUT2D eigenvalue weighted by molar-refractivity contribution is 7.81. The molecule has 0 spiro atoms. The zero-order chi connectivity index (χ0) is 12.3. The smallest absolute Gasteiger partial charge is 0.139 e. The SMILES string of the molecule is Cc1ccc(N(O)C(=S)c2ccccc2)cc1. The largest absolute Gasteiger partial charge is 0.283 e. The Balaban J connectivity index is 2.23. The number of rotatable bonds is 2. The van der Waals surface area contributed by atoms with E-state index in [1.807, 2.05) is 61.5 Å². The highest BCUT2D eigenvalue weighted by Crippen LogP contribution is 2.16. The molecule has 0 aliphatic rings. The predicted molar refractivity (Wildman–Crippen MR) is 73.6 cm³/mol. The Kier molecular flexibility index (Phi) is 3.52. The van der Waals surface area contributed by atoms with Crippen LogP contribution in [0.5, 0.6) is 0 Å². The molecule has 1 N–H and O–H groups in total. The van der Waals surface area contributed by atoms with E-state index in [-0.39, 0.29) is 0 Å². The summed E-state index contributed by atoms with van der Waals surface area (Å²) in [5.41, 5.74) is 2.64. The van der Waals surface area contributed by atoms with Crippen LogP contribution in [0.3, 0.4) is 0 Å². The summed E-state index contributed by atoms with van der Waals surface area (Å²) < 4.78 is 0. The number of benzene rings is 2. The van der Waals surface area contributed by atoms with Gasteiger partial charge in [-0.25, -0.2) is 5.06 Å². The lowest BCUT2D eigenvalue weighted by Crippen LogP contribution is -2.25. The van der Waals surface area contributed by atoms with Crippen molar-refractivity contribution < 1.29 is 5.21 Å². The molecule has 0 saturated heterocycles. The van der Waals surface area contributed by atoms with E-state index in [1.54, 1.807) is 0 Å². The lowest BCUT2D eigenvalue weighted by molar-refractivity contribution is 0.315. The molecule has 86 valence electrons. The van der Waals surface area contributed by atoms with Crippen LogP contribution < -0.4 is 5.06 Å². The van der Waals surface area contributed by atoms with Gasteiger partial charge in [0.1, 0.15) is 4.99 Å². The van der Waals surface area contributed by atoms with Crippen LogP contribution in [-0.4, -0.2) is 10.2 Å². The number of anilines is 1. The first kappa shape index (κ1) is 11.8. The summed E-state index contributed by atoms with van der Waals surface area (Å²) in [7, 11) is 0. The second kappa shape index (κ2) is 5.08. The van der Waals surface area contributed by atoms with Gasteiger partial charge in [-0.3, -0.25) is 5.21 Å². The summed E-state index contributed by atoms with van der Waals surface area (Å²) in [6, 6.07) is 17.0. The average Bonchev–Trinajstić information content (AvgIpc) is 2.39. The highest BCUT2D eigenvalue weighted by atomic mass is 32.1. The molecule has 0 aliphatic carbocycles. The minimum absolute atomic E-state index is 0.398. The first-order chi connectivity index (χ1) is 8.18. The predicted octanol–water partition coefficient (Wildman–Crippen LogP) is 3.57. The van der Waals surface area contributed by atoms with Crippen LogP contribution in [0.4, 0.5) is 5.69 Å². The molecule has 0 radical (unpaired) electrons. The first-order valence-electron chi connectivity index (χ1n) is 5.33. The lowest BCUT2D eigenvalue weighted by Gasteiger charge is -2.17. The Morgan fingerprint density at radius 2 is 1.59 bits per heavy atom. The van der Waals surface area contributed by atoms with Crippen molar-refractivity contribution in [3.63, 3.8) is 0 Å². The molecular weight excluding hydrogens is 230 g/mol. The molecule has 0 amide bonds. The van der Waals surface area contributed by atoms with Crippen molar-refractivity contribution in [1.29, 1.82) is 0 Å². The molecule has 2 aromatic carbocycles. The third-order valence-corrected chi connectivity index (χ3v) is 2.90. The van der Waals surface area contributed by atoms with E-state index in [0.29, 0.717) is 10.7 Å². The van der Waals surface area contributed by atoms with Crippen LogP contribution in [0.15, 0.2) is 54.6 Å². The third-order valence-electron chi connectivity index (χ3n) is 2.49. The molecule has 17 heavy (non-hydrogen) atoms. The Morgan fingerprint density at radius 3 is 2.18 bits per heavy atom. The number of hydrogen-bond donors (Lipinski definition) is 1. The number of hydroxylamine groups is 1. The highest BCUT2D eigenvalue weighted by Gasteiger charge is 2.10. The minimum atomic E-state index is 0.398. The van der Waals surface area contributed by atoms with E-state index in [2.05, 4.69) is 0 Å². The third kappa shape index (κ3) is 2.70. The molecule has 0 heterocycles. The topological polar surface area (TPSA) is 23.5 Å². The molecule has 0 aromatic heterocycles. The zero-order valence-corrected chi connectivity index (χ0v) is 10.3. The van der Waals surface area contributed by atoms with Crippen molar-refractivity contribution >= 4 is 22.9 Å². The summed E-state index contributed by atoms with van der Waals surface area (Å²) >= 11 is 5.23. The normalized spacial score (nSPS) is 10.0. The van der Waals surface area contributed by atoms with Gasteiger partial charge < -0.3 is 0 Å². The number of aryl methyl sites for hydroxylation is 1. The number of hydrogen-bond acceptors (Lipinski definition) is 2. The summed E-state index contributed by atoms with van der Waals surface area (Å²) in [5.74, 6) is 0. The van der Waals surface area contributed by atoms with E-state index in [9.17, 15) is 5.21 Å². The fourth-order valence-electron chi connectivity index (χ4n) is 1.51. The quantitative estimate of drug-likeness (QED) is 0.644. The second-order valence-corrected chi connectivity index (χ2v) is 4.21. The van der Waals surface area contributed by atoms with Crippen molar-refractivity contribution in [2.45, 2.75) is 6.92 Å². The van der Waals surface area contributed by atoms with Gasteiger partial charge in [0.15, 0.2) is 0 Å². The van der Waals surface area contributed by atoms with Crippen LogP contribution in [0.1, 0.15) is 11.1 Å².